The lowest BCUT2D eigenvalue weighted by Gasteiger charge is -2.35. The summed E-state index contributed by atoms with van der Waals surface area (Å²) >= 11 is 0. The Labute approximate surface area is 154 Å². The van der Waals surface area contributed by atoms with E-state index >= 15 is 0 Å². The fraction of sp³-hybridized carbons (Fsp3) is 0.389. The smallest absolute Gasteiger partial charge is 0.433 e. The van der Waals surface area contributed by atoms with Gasteiger partial charge in [0, 0.05) is 32.2 Å². The Morgan fingerprint density at radius 1 is 1.15 bits per heavy atom. The number of nitrogens with zero attached hydrogens (tertiary/aromatic N) is 4. The number of para-hydroxylation sites is 1. The molecule has 2 heterocycles. The average molecular weight is 380 g/mol. The maximum absolute atomic E-state index is 12.8. The van der Waals surface area contributed by atoms with E-state index in [1.807, 2.05) is 25.1 Å². The Morgan fingerprint density at radius 2 is 1.85 bits per heavy atom. The van der Waals surface area contributed by atoms with Crippen molar-refractivity contribution in [1.29, 1.82) is 0 Å². The molecule has 1 aliphatic rings. The number of hydrogen-bond acceptors (Lipinski definition) is 5. The Kier molecular flexibility index (Phi) is 5.48. The van der Waals surface area contributed by atoms with E-state index in [4.69, 9.17) is 4.74 Å². The second-order valence-corrected chi connectivity index (χ2v) is 6.18. The van der Waals surface area contributed by atoms with Crippen LogP contribution in [-0.2, 0) is 11.0 Å². The van der Waals surface area contributed by atoms with E-state index in [1.165, 1.54) is 0 Å². The van der Waals surface area contributed by atoms with E-state index in [1.54, 1.807) is 15.9 Å². The summed E-state index contributed by atoms with van der Waals surface area (Å²) < 4.78 is 43.9. The van der Waals surface area contributed by atoms with E-state index < -0.39 is 11.9 Å². The number of ether oxygens (including phenoxy) is 1. The summed E-state index contributed by atoms with van der Waals surface area (Å²) in [5.41, 5.74) is -0.0306. The number of carbonyl (C=O) groups excluding carboxylic acids is 1. The number of alkyl halides is 3. The van der Waals surface area contributed by atoms with Crippen molar-refractivity contribution in [2.45, 2.75) is 13.1 Å². The number of anilines is 1. The zero-order valence-electron chi connectivity index (χ0n) is 14.7. The lowest BCUT2D eigenvalue weighted by atomic mass is 10.2. The van der Waals surface area contributed by atoms with Gasteiger partial charge in [-0.25, -0.2) is 9.97 Å². The monoisotopic (exact) mass is 380 g/mol. The standard InChI is InChI=1S/C18H19F3N4O2/c1-13-4-2-3-5-14(13)27-11-17(26)25-8-6-24(7-9-25)16-10-15(18(19,20)21)22-12-23-16/h2-5,10,12H,6-9,11H2,1H3. The number of carbonyl (C=O) groups is 1. The third-order valence-corrected chi connectivity index (χ3v) is 4.34. The normalized spacial score (nSPS) is 15.0. The second-order valence-electron chi connectivity index (χ2n) is 6.18. The maximum Gasteiger partial charge on any atom is 0.433 e. The van der Waals surface area contributed by atoms with Crippen LogP contribution in [-0.4, -0.2) is 53.6 Å². The van der Waals surface area contributed by atoms with Gasteiger partial charge in [-0.15, -0.1) is 0 Å². The lowest BCUT2D eigenvalue weighted by Crippen LogP contribution is -2.50. The van der Waals surface area contributed by atoms with Crippen molar-refractivity contribution in [1.82, 2.24) is 14.9 Å². The predicted molar refractivity (Wildman–Crippen MR) is 92.5 cm³/mol. The molecule has 144 valence electrons. The van der Waals surface area contributed by atoms with Gasteiger partial charge in [0.2, 0.25) is 0 Å². The van der Waals surface area contributed by atoms with Gasteiger partial charge in [0.25, 0.3) is 5.91 Å². The molecular formula is C18H19F3N4O2. The molecule has 9 heteroatoms. The third kappa shape index (κ3) is 4.66. The zero-order chi connectivity index (χ0) is 19.4. The fourth-order valence-corrected chi connectivity index (χ4v) is 2.81. The number of benzene rings is 1. The third-order valence-electron chi connectivity index (χ3n) is 4.34. The van der Waals surface area contributed by atoms with Crippen LogP contribution in [0.2, 0.25) is 0 Å². The minimum atomic E-state index is -4.51. The first kappa shape index (κ1) is 18.9. The van der Waals surface area contributed by atoms with Crippen molar-refractivity contribution < 1.29 is 22.7 Å². The van der Waals surface area contributed by atoms with Crippen LogP contribution >= 0.6 is 0 Å². The second kappa shape index (κ2) is 7.81. The quantitative estimate of drug-likeness (QED) is 0.816. The SMILES string of the molecule is Cc1ccccc1OCC(=O)N1CCN(c2cc(C(F)(F)F)ncn2)CC1. The van der Waals surface area contributed by atoms with Crippen molar-refractivity contribution in [2.24, 2.45) is 0 Å². The zero-order valence-corrected chi connectivity index (χ0v) is 14.7. The summed E-state index contributed by atoms with van der Waals surface area (Å²) in [6, 6.07) is 8.35. The van der Waals surface area contributed by atoms with Crippen molar-refractivity contribution >= 4 is 11.7 Å². The van der Waals surface area contributed by atoms with Crippen LogP contribution in [0.25, 0.3) is 0 Å². The summed E-state index contributed by atoms with van der Waals surface area (Å²) in [4.78, 5) is 22.9. The van der Waals surface area contributed by atoms with E-state index in [0.29, 0.717) is 31.9 Å². The van der Waals surface area contributed by atoms with Gasteiger partial charge >= 0.3 is 6.18 Å². The minimum absolute atomic E-state index is 0.0728. The van der Waals surface area contributed by atoms with Crippen molar-refractivity contribution in [3.05, 3.63) is 47.9 Å². The predicted octanol–water partition coefficient (Wildman–Crippen LogP) is 2.53. The molecule has 3 rings (SSSR count). The molecule has 1 aliphatic heterocycles. The number of aryl methyl sites for hydroxylation is 1. The van der Waals surface area contributed by atoms with Crippen LogP contribution in [0.1, 0.15) is 11.3 Å². The first-order chi connectivity index (χ1) is 12.8. The molecule has 0 N–H and O–H groups in total. The first-order valence-corrected chi connectivity index (χ1v) is 8.45. The van der Waals surface area contributed by atoms with Gasteiger partial charge in [-0.05, 0) is 18.6 Å². The molecule has 0 spiro atoms. The summed E-state index contributed by atoms with van der Waals surface area (Å²) in [6.07, 6.45) is -3.60. The van der Waals surface area contributed by atoms with Crippen molar-refractivity contribution in [3.63, 3.8) is 0 Å². The molecule has 0 unspecified atom stereocenters. The molecular weight excluding hydrogens is 361 g/mol. The highest BCUT2D eigenvalue weighted by Crippen LogP contribution is 2.29. The molecule has 1 saturated heterocycles. The first-order valence-electron chi connectivity index (χ1n) is 8.45. The van der Waals surface area contributed by atoms with Crippen molar-refractivity contribution in [3.8, 4) is 5.75 Å². The summed E-state index contributed by atoms with van der Waals surface area (Å²) in [7, 11) is 0. The molecule has 0 atom stereocenters. The van der Waals surface area contributed by atoms with Crippen LogP contribution in [0, 0.1) is 6.92 Å². The highest BCUT2D eigenvalue weighted by Gasteiger charge is 2.33. The van der Waals surface area contributed by atoms with Gasteiger partial charge in [0.15, 0.2) is 6.61 Å². The van der Waals surface area contributed by atoms with Gasteiger partial charge in [-0.2, -0.15) is 13.2 Å². The number of amides is 1. The average Bonchev–Trinajstić information content (AvgIpc) is 2.67. The van der Waals surface area contributed by atoms with E-state index in [9.17, 15) is 18.0 Å². The van der Waals surface area contributed by atoms with Gasteiger partial charge in [-0.3, -0.25) is 4.79 Å². The Balaban J connectivity index is 1.54. The van der Waals surface area contributed by atoms with Crippen LogP contribution in [0.15, 0.2) is 36.7 Å². The number of halogens is 3. The number of rotatable bonds is 4. The maximum atomic E-state index is 12.8. The van der Waals surface area contributed by atoms with Crippen molar-refractivity contribution in [2.75, 3.05) is 37.7 Å². The molecule has 0 aliphatic carbocycles. The van der Waals surface area contributed by atoms with Gasteiger partial charge in [-0.1, -0.05) is 18.2 Å². The summed E-state index contributed by atoms with van der Waals surface area (Å²) in [5, 5.41) is 0. The molecule has 2 aromatic rings. The molecule has 0 radical (unpaired) electrons. The van der Waals surface area contributed by atoms with Crippen LogP contribution in [0.4, 0.5) is 19.0 Å². The Bertz CT molecular complexity index is 805. The van der Waals surface area contributed by atoms with E-state index in [0.717, 1.165) is 18.0 Å². The fourth-order valence-electron chi connectivity index (χ4n) is 2.81. The van der Waals surface area contributed by atoms with E-state index in [2.05, 4.69) is 9.97 Å². The number of hydrogen-bond donors (Lipinski definition) is 0. The van der Waals surface area contributed by atoms with Crippen LogP contribution < -0.4 is 9.64 Å². The van der Waals surface area contributed by atoms with Gasteiger partial charge < -0.3 is 14.5 Å². The Hall–Kier alpha value is -2.84. The van der Waals surface area contributed by atoms with Crippen LogP contribution in [0.5, 0.6) is 5.75 Å². The molecule has 1 fully saturated rings. The van der Waals surface area contributed by atoms with E-state index in [-0.39, 0.29) is 18.3 Å². The van der Waals surface area contributed by atoms with Crippen LogP contribution in [0.3, 0.4) is 0 Å². The molecule has 27 heavy (non-hydrogen) atoms. The topological polar surface area (TPSA) is 58.6 Å². The summed E-state index contributed by atoms with van der Waals surface area (Å²) in [6.45, 7) is 3.39. The molecule has 1 aromatic heterocycles. The Morgan fingerprint density at radius 3 is 2.52 bits per heavy atom. The highest BCUT2D eigenvalue weighted by molar-refractivity contribution is 5.78. The number of aromatic nitrogens is 2. The lowest BCUT2D eigenvalue weighted by molar-refractivity contribution is -0.141. The van der Waals surface area contributed by atoms with Gasteiger partial charge in [0.1, 0.15) is 23.6 Å². The minimum Gasteiger partial charge on any atom is -0.484 e. The molecule has 0 saturated carbocycles. The molecule has 0 bridgehead atoms. The molecule has 6 nitrogen and oxygen atoms in total. The highest BCUT2D eigenvalue weighted by atomic mass is 19.4. The summed E-state index contributed by atoms with van der Waals surface area (Å²) in [5.74, 6) is 0.710. The van der Waals surface area contributed by atoms with Gasteiger partial charge in [0.05, 0.1) is 0 Å². The molecule has 1 amide bonds. The number of piperazine rings is 1. The largest absolute Gasteiger partial charge is 0.484 e. The molecule has 1 aromatic carbocycles.